The number of hydrogen-bond acceptors (Lipinski definition) is 5. The van der Waals surface area contributed by atoms with E-state index in [0.717, 1.165) is 18.5 Å². The highest BCUT2D eigenvalue weighted by atomic mass is 32.1. The van der Waals surface area contributed by atoms with Gasteiger partial charge in [-0.3, -0.25) is 0 Å². The predicted octanol–water partition coefficient (Wildman–Crippen LogP) is 2.71. The van der Waals surface area contributed by atoms with Gasteiger partial charge in [0, 0.05) is 28.4 Å². The number of benzene rings is 1. The highest BCUT2D eigenvalue weighted by molar-refractivity contribution is 7.17. The van der Waals surface area contributed by atoms with Crippen molar-refractivity contribution in [3.05, 3.63) is 35.5 Å². The number of aromatic nitrogens is 2. The zero-order chi connectivity index (χ0) is 12.4. The van der Waals surface area contributed by atoms with Crippen molar-refractivity contribution in [3.63, 3.8) is 0 Å². The van der Waals surface area contributed by atoms with Crippen molar-refractivity contribution in [1.82, 2.24) is 15.5 Å². The Kier molecular flexibility index (Phi) is 3.08. The van der Waals surface area contributed by atoms with Crippen LogP contribution in [0.25, 0.3) is 21.5 Å². The topological polar surface area (TPSA) is 51.0 Å². The average molecular weight is 259 g/mol. The third-order valence-corrected chi connectivity index (χ3v) is 3.73. The molecule has 1 N–H and O–H groups in total. The van der Waals surface area contributed by atoms with Crippen molar-refractivity contribution < 1.29 is 4.42 Å². The van der Waals surface area contributed by atoms with E-state index in [2.05, 4.69) is 33.0 Å². The normalized spacial score (nSPS) is 11.2. The number of nitrogens with zero attached hydrogens (tertiary/aromatic N) is 2. The van der Waals surface area contributed by atoms with E-state index in [9.17, 15) is 0 Å². The summed E-state index contributed by atoms with van der Waals surface area (Å²) in [7, 11) is 1.91. The van der Waals surface area contributed by atoms with E-state index >= 15 is 0 Å². The van der Waals surface area contributed by atoms with Gasteiger partial charge in [-0.05, 0) is 13.1 Å². The van der Waals surface area contributed by atoms with Crippen LogP contribution in [0.2, 0.25) is 0 Å². The number of nitrogens with one attached hydrogen (secondary N) is 1. The Balaban J connectivity index is 1.96. The molecule has 18 heavy (non-hydrogen) atoms. The summed E-state index contributed by atoms with van der Waals surface area (Å²) >= 11 is 1.70. The van der Waals surface area contributed by atoms with Crippen LogP contribution in [0.1, 0.15) is 5.89 Å². The molecule has 0 amide bonds. The molecule has 4 nitrogen and oxygen atoms in total. The molecule has 1 aromatic carbocycles. The third kappa shape index (κ3) is 2.02. The lowest BCUT2D eigenvalue weighted by atomic mass is 10.2. The lowest BCUT2D eigenvalue weighted by Crippen LogP contribution is -2.10. The van der Waals surface area contributed by atoms with Crippen LogP contribution in [0.4, 0.5) is 0 Å². The molecular weight excluding hydrogens is 246 g/mol. The first kappa shape index (κ1) is 11.4. The second-order valence-electron chi connectivity index (χ2n) is 4.00. The molecule has 5 heteroatoms. The number of fused-ring (bicyclic) bond motifs is 1. The van der Waals surface area contributed by atoms with E-state index in [4.69, 9.17) is 4.42 Å². The fourth-order valence-electron chi connectivity index (χ4n) is 1.84. The van der Waals surface area contributed by atoms with Gasteiger partial charge in [-0.2, -0.15) is 0 Å². The van der Waals surface area contributed by atoms with Gasteiger partial charge >= 0.3 is 0 Å². The van der Waals surface area contributed by atoms with Gasteiger partial charge in [0.05, 0.1) is 5.56 Å². The molecule has 92 valence electrons. The number of rotatable bonds is 4. The van der Waals surface area contributed by atoms with Gasteiger partial charge in [-0.1, -0.05) is 18.2 Å². The fraction of sp³-hybridized carbons (Fsp3) is 0.231. The average Bonchev–Trinajstić information content (AvgIpc) is 3.02. The Morgan fingerprint density at radius 1 is 1.28 bits per heavy atom. The van der Waals surface area contributed by atoms with Crippen LogP contribution in [-0.4, -0.2) is 23.8 Å². The van der Waals surface area contributed by atoms with Gasteiger partial charge in [0.1, 0.15) is 0 Å². The van der Waals surface area contributed by atoms with Crippen molar-refractivity contribution >= 4 is 21.4 Å². The molecule has 0 aliphatic carbocycles. The third-order valence-electron chi connectivity index (χ3n) is 2.77. The molecule has 2 aromatic heterocycles. The van der Waals surface area contributed by atoms with Crippen molar-refractivity contribution in [2.24, 2.45) is 0 Å². The van der Waals surface area contributed by atoms with Crippen molar-refractivity contribution in [2.75, 3.05) is 13.6 Å². The smallest absolute Gasteiger partial charge is 0.249 e. The van der Waals surface area contributed by atoms with Crippen LogP contribution < -0.4 is 5.32 Å². The molecule has 3 rings (SSSR count). The minimum absolute atomic E-state index is 0.610. The van der Waals surface area contributed by atoms with E-state index < -0.39 is 0 Å². The maximum atomic E-state index is 5.68. The second kappa shape index (κ2) is 4.88. The van der Waals surface area contributed by atoms with E-state index in [1.165, 1.54) is 10.1 Å². The monoisotopic (exact) mass is 259 g/mol. The Morgan fingerprint density at radius 2 is 2.17 bits per heavy atom. The Morgan fingerprint density at radius 3 is 3.06 bits per heavy atom. The van der Waals surface area contributed by atoms with Gasteiger partial charge in [-0.15, -0.1) is 21.5 Å². The van der Waals surface area contributed by atoms with Gasteiger partial charge in [0.15, 0.2) is 0 Å². The quantitative estimate of drug-likeness (QED) is 0.782. The molecule has 0 unspecified atom stereocenters. The van der Waals surface area contributed by atoms with Crippen LogP contribution in [0.15, 0.2) is 34.1 Å². The molecule has 3 aromatic rings. The van der Waals surface area contributed by atoms with E-state index in [-0.39, 0.29) is 0 Å². The molecule has 0 saturated heterocycles. The Hall–Kier alpha value is -1.72. The first-order valence-electron chi connectivity index (χ1n) is 5.82. The van der Waals surface area contributed by atoms with Crippen molar-refractivity contribution in [2.45, 2.75) is 6.42 Å². The Labute approximate surface area is 109 Å². The summed E-state index contributed by atoms with van der Waals surface area (Å²) in [6.45, 7) is 0.839. The summed E-state index contributed by atoms with van der Waals surface area (Å²) in [5.74, 6) is 1.29. The van der Waals surface area contributed by atoms with Gasteiger partial charge in [-0.25, -0.2) is 0 Å². The van der Waals surface area contributed by atoms with Gasteiger partial charge in [0.2, 0.25) is 11.8 Å². The molecule has 0 atom stereocenters. The van der Waals surface area contributed by atoms with Crippen LogP contribution in [0.5, 0.6) is 0 Å². The van der Waals surface area contributed by atoms with Crippen molar-refractivity contribution in [3.8, 4) is 11.5 Å². The predicted molar refractivity (Wildman–Crippen MR) is 72.7 cm³/mol. The summed E-state index contributed by atoms with van der Waals surface area (Å²) in [5.41, 5.74) is 1.03. The zero-order valence-electron chi connectivity index (χ0n) is 10.0. The van der Waals surface area contributed by atoms with Crippen LogP contribution in [0, 0.1) is 0 Å². The first-order valence-corrected chi connectivity index (χ1v) is 6.70. The summed E-state index contributed by atoms with van der Waals surface area (Å²) < 4.78 is 6.92. The summed E-state index contributed by atoms with van der Waals surface area (Å²) in [6, 6.07) is 8.24. The van der Waals surface area contributed by atoms with Gasteiger partial charge in [0.25, 0.3) is 0 Å². The lowest BCUT2D eigenvalue weighted by Gasteiger charge is -1.93. The SMILES string of the molecule is CNCCc1nnc(-c2csc3ccccc23)o1. The molecule has 0 saturated carbocycles. The molecule has 2 heterocycles. The molecule has 0 fully saturated rings. The first-order chi connectivity index (χ1) is 8.88. The number of likely N-dealkylation sites (N-methyl/N-ethyl adjacent to an activating group) is 1. The van der Waals surface area contributed by atoms with Crippen LogP contribution >= 0.6 is 11.3 Å². The molecule has 0 spiro atoms. The van der Waals surface area contributed by atoms with Crippen molar-refractivity contribution in [1.29, 1.82) is 0 Å². The minimum Gasteiger partial charge on any atom is -0.421 e. The molecule has 0 bridgehead atoms. The summed E-state index contributed by atoms with van der Waals surface area (Å²) in [4.78, 5) is 0. The summed E-state index contributed by atoms with van der Waals surface area (Å²) in [5, 5.41) is 14.5. The van der Waals surface area contributed by atoms with Crippen LogP contribution in [0.3, 0.4) is 0 Å². The fourth-order valence-corrected chi connectivity index (χ4v) is 2.77. The lowest BCUT2D eigenvalue weighted by molar-refractivity contribution is 0.500. The van der Waals surface area contributed by atoms with E-state index in [1.54, 1.807) is 11.3 Å². The minimum atomic E-state index is 0.610. The maximum Gasteiger partial charge on any atom is 0.249 e. The second-order valence-corrected chi connectivity index (χ2v) is 4.91. The molecule has 0 aliphatic heterocycles. The summed E-state index contributed by atoms with van der Waals surface area (Å²) in [6.07, 6.45) is 0.756. The zero-order valence-corrected chi connectivity index (χ0v) is 10.8. The highest BCUT2D eigenvalue weighted by Crippen LogP contribution is 2.32. The van der Waals surface area contributed by atoms with Crippen LogP contribution in [-0.2, 0) is 6.42 Å². The maximum absolute atomic E-state index is 5.68. The standard InChI is InChI=1S/C13H13N3OS/c1-14-7-6-12-15-16-13(17-12)10-8-18-11-5-3-2-4-9(10)11/h2-5,8,14H,6-7H2,1H3. The number of hydrogen-bond donors (Lipinski definition) is 1. The largest absolute Gasteiger partial charge is 0.421 e. The highest BCUT2D eigenvalue weighted by Gasteiger charge is 2.12. The Bertz CT molecular complexity index is 659. The molecular formula is C13H13N3OS. The van der Waals surface area contributed by atoms with E-state index in [1.807, 2.05) is 19.2 Å². The van der Waals surface area contributed by atoms with Gasteiger partial charge < -0.3 is 9.73 Å². The molecule has 0 radical (unpaired) electrons. The molecule has 0 aliphatic rings. The van der Waals surface area contributed by atoms with E-state index in [0.29, 0.717) is 11.8 Å². The number of thiophene rings is 1.